The van der Waals surface area contributed by atoms with Crippen LogP contribution in [0.25, 0.3) is 0 Å². The molecule has 0 aromatic heterocycles. The van der Waals surface area contributed by atoms with Crippen LogP contribution in [0, 0.1) is 20.8 Å². The third kappa shape index (κ3) is 6.55. The van der Waals surface area contributed by atoms with E-state index in [0.717, 1.165) is 16.7 Å². The highest BCUT2D eigenvalue weighted by Crippen LogP contribution is 2.25. The number of nitrogens with one attached hydrogen (secondary N) is 1. The lowest BCUT2D eigenvalue weighted by Crippen LogP contribution is -2.32. The van der Waals surface area contributed by atoms with Gasteiger partial charge in [0.25, 0.3) is 0 Å². The number of rotatable bonds is 9. The van der Waals surface area contributed by atoms with Crippen LogP contribution in [0.2, 0.25) is 0 Å². The Hall–Kier alpha value is -2.87. The maximum atomic E-state index is 12.4. The van der Waals surface area contributed by atoms with Crippen LogP contribution in [0.5, 0.6) is 0 Å². The summed E-state index contributed by atoms with van der Waals surface area (Å²) in [6.45, 7) is 7.86. The zero-order valence-corrected chi connectivity index (χ0v) is 19.5. The molecule has 0 aliphatic heterocycles. The molecule has 0 saturated heterocycles. The first-order chi connectivity index (χ1) is 14.5. The first-order valence-electron chi connectivity index (χ1n) is 10.2. The Balaban J connectivity index is 2.02. The molecule has 1 amide bonds. The Morgan fingerprint density at radius 1 is 1.06 bits per heavy atom. The number of hydrogen-bond acceptors (Lipinski definition) is 5. The fourth-order valence-corrected chi connectivity index (χ4v) is 4.23. The molecule has 168 valence electrons. The summed E-state index contributed by atoms with van der Waals surface area (Å²) in [7, 11) is -3.48. The van der Waals surface area contributed by atoms with Crippen LogP contribution in [-0.2, 0) is 19.6 Å². The fourth-order valence-electron chi connectivity index (χ4n) is 3.21. The molecule has 0 aliphatic rings. The zero-order valence-electron chi connectivity index (χ0n) is 18.7. The van der Waals surface area contributed by atoms with Gasteiger partial charge in [-0.15, -0.1) is 0 Å². The van der Waals surface area contributed by atoms with Crippen molar-refractivity contribution in [3.63, 3.8) is 0 Å². The van der Waals surface area contributed by atoms with Crippen molar-refractivity contribution in [3.8, 4) is 0 Å². The third-order valence-electron chi connectivity index (χ3n) is 5.02. The second-order valence-corrected chi connectivity index (χ2v) is 9.36. The molecule has 0 saturated carbocycles. The van der Waals surface area contributed by atoms with E-state index in [2.05, 4.69) is 5.32 Å². The minimum absolute atomic E-state index is 0.163. The number of carbonyl (C=O) groups excluding carboxylic acids is 2. The van der Waals surface area contributed by atoms with Crippen LogP contribution in [0.1, 0.15) is 46.8 Å². The van der Waals surface area contributed by atoms with Gasteiger partial charge in [0.05, 0.1) is 24.1 Å². The minimum atomic E-state index is -3.48. The molecule has 0 bridgehead atoms. The Bertz CT molecular complexity index is 1060. The molecule has 8 heteroatoms. The van der Waals surface area contributed by atoms with Gasteiger partial charge in [-0.1, -0.05) is 12.1 Å². The van der Waals surface area contributed by atoms with Crippen molar-refractivity contribution < 1.29 is 22.7 Å². The molecule has 2 rings (SSSR count). The van der Waals surface area contributed by atoms with Crippen LogP contribution >= 0.6 is 0 Å². The highest BCUT2D eigenvalue weighted by Gasteiger charge is 2.20. The van der Waals surface area contributed by atoms with Crippen LogP contribution < -0.4 is 9.62 Å². The minimum Gasteiger partial charge on any atom is -0.462 e. The second kappa shape index (κ2) is 10.4. The molecule has 0 unspecified atom stereocenters. The first-order valence-corrected chi connectivity index (χ1v) is 12.0. The van der Waals surface area contributed by atoms with Gasteiger partial charge in [0.15, 0.2) is 0 Å². The Morgan fingerprint density at radius 2 is 1.77 bits per heavy atom. The summed E-state index contributed by atoms with van der Waals surface area (Å²) in [5.41, 5.74) is 4.31. The molecule has 0 radical (unpaired) electrons. The molecular formula is C23H30N2O5S. The standard InChI is InChI=1S/C23H30N2O5S/c1-6-30-23(27)19-12-13-20(17(3)15-19)24-22(26)11-8-14-25(31(5,28)29)21-10-7-9-16(2)18(21)4/h7,9-10,12-13,15H,6,8,11,14H2,1-5H3,(H,24,26). The SMILES string of the molecule is CCOC(=O)c1ccc(NC(=O)CCCN(c2cccc(C)c2C)S(C)(=O)=O)c(C)c1. The summed E-state index contributed by atoms with van der Waals surface area (Å²) in [6, 6.07) is 10.5. The van der Waals surface area contributed by atoms with E-state index < -0.39 is 16.0 Å². The van der Waals surface area contributed by atoms with E-state index in [0.29, 0.717) is 30.0 Å². The second-order valence-electron chi connectivity index (χ2n) is 7.46. The predicted molar refractivity (Wildman–Crippen MR) is 123 cm³/mol. The average Bonchev–Trinajstić information content (AvgIpc) is 2.68. The lowest BCUT2D eigenvalue weighted by atomic mass is 10.1. The van der Waals surface area contributed by atoms with Crippen molar-refractivity contribution >= 4 is 33.3 Å². The normalized spacial score (nSPS) is 11.1. The molecule has 0 heterocycles. The summed E-state index contributed by atoms with van der Waals surface area (Å²) in [4.78, 5) is 24.2. The largest absolute Gasteiger partial charge is 0.462 e. The van der Waals surface area contributed by atoms with Gasteiger partial charge >= 0.3 is 5.97 Å². The van der Waals surface area contributed by atoms with Crippen LogP contribution in [-0.4, -0.2) is 39.7 Å². The number of benzene rings is 2. The van der Waals surface area contributed by atoms with E-state index in [1.165, 1.54) is 10.6 Å². The maximum Gasteiger partial charge on any atom is 0.338 e. The molecule has 0 fully saturated rings. The number of ether oxygens (including phenoxy) is 1. The van der Waals surface area contributed by atoms with E-state index in [1.54, 1.807) is 38.1 Å². The number of nitrogens with zero attached hydrogens (tertiary/aromatic N) is 1. The summed E-state index contributed by atoms with van der Waals surface area (Å²) in [5, 5.41) is 2.82. The molecule has 7 nitrogen and oxygen atoms in total. The quantitative estimate of drug-likeness (QED) is 0.588. The molecule has 31 heavy (non-hydrogen) atoms. The lowest BCUT2D eigenvalue weighted by Gasteiger charge is -2.25. The van der Waals surface area contributed by atoms with Crippen molar-refractivity contribution in [2.75, 3.05) is 29.0 Å². The van der Waals surface area contributed by atoms with Crippen molar-refractivity contribution in [3.05, 3.63) is 58.7 Å². The fraction of sp³-hybridized carbons (Fsp3) is 0.391. The van der Waals surface area contributed by atoms with Gasteiger partial charge in [0.1, 0.15) is 0 Å². The van der Waals surface area contributed by atoms with Gasteiger partial charge in [0, 0.05) is 18.7 Å². The molecule has 0 atom stereocenters. The van der Waals surface area contributed by atoms with Crippen LogP contribution in [0.15, 0.2) is 36.4 Å². The molecular weight excluding hydrogens is 416 g/mol. The topological polar surface area (TPSA) is 92.8 Å². The number of esters is 1. The van der Waals surface area contributed by atoms with E-state index in [4.69, 9.17) is 4.74 Å². The number of carbonyl (C=O) groups is 2. The third-order valence-corrected chi connectivity index (χ3v) is 6.20. The van der Waals surface area contributed by atoms with Crippen molar-refractivity contribution in [1.82, 2.24) is 0 Å². The van der Waals surface area contributed by atoms with E-state index in [9.17, 15) is 18.0 Å². The number of amides is 1. The van der Waals surface area contributed by atoms with Gasteiger partial charge in [-0.2, -0.15) is 0 Å². The van der Waals surface area contributed by atoms with Crippen LogP contribution in [0.3, 0.4) is 0 Å². The van der Waals surface area contributed by atoms with E-state index in [1.807, 2.05) is 26.0 Å². The van der Waals surface area contributed by atoms with Crippen molar-refractivity contribution in [1.29, 1.82) is 0 Å². The summed E-state index contributed by atoms with van der Waals surface area (Å²) in [6.07, 6.45) is 1.70. The average molecular weight is 447 g/mol. The Morgan fingerprint density at radius 3 is 2.39 bits per heavy atom. The summed E-state index contributed by atoms with van der Waals surface area (Å²) >= 11 is 0. The number of anilines is 2. The van der Waals surface area contributed by atoms with Crippen molar-refractivity contribution in [2.24, 2.45) is 0 Å². The molecule has 0 spiro atoms. The van der Waals surface area contributed by atoms with Gasteiger partial charge in [0.2, 0.25) is 15.9 Å². The molecule has 2 aromatic rings. The molecule has 1 N–H and O–H groups in total. The Kier molecular flexibility index (Phi) is 8.21. The smallest absolute Gasteiger partial charge is 0.338 e. The van der Waals surface area contributed by atoms with Gasteiger partial charge in [-0.05, 0) is 75.1 Å². The van der Waals surface area contributed by atoms with E-state index in [-0.39, 0.29) is 18.9 Å². The number of sulfonamides is 1. The van der Waals surface area contributed by atoms with Gasteiger partial charge < -0.3 is 10.1 Å². The number of hydrogen-bond donors (Lipinski definition) is 1. The predicted octanol–water partition coefficient (Wildman–Crippen LogP) is 3.97. The van der Waals surface area contributed by atoms with E-state index >= 15 is 0 Å². The van der Waals surface area contributed by atoms with Gasteiger partial charge in [-0.3, -0.25) is 9.10 Å². The van der Waals surface area contributed by atoms with Crippen molar-refractivity contribution in [2.45, 2.75) is 40.5 Å². The highest BCUT2D eigenvalue weighted by atomic mass is 32.2. The maximum absolute atomic E-state index is 12.4. The number of aryl methyl sites for hydroxylation is 2. The molecule has 0 aliphatic carbocycles. The van der Waals surface area contributed by atoms with Gasteiger partial charge in [-0.25, -0.2) is 13.2 Å². The van der Waals surface area contributed by atoms with Crippen LogP contribution in [0.4, 0.5) is 11.4 Å². The summed E-state index contributed by atoms with van der Waals surface area (Å²) < 4.78 is 31.0. The monoisotopic (exact) mass is 446 g/mol. The summed E-state index contributed by atoms with van der Waals surface area (Å²) in [5.74, 6) is -0.628. The first kappa shape index (κ1) is 24.4. The lowest BCUT2D eigenvalue weighted by molar-refractivity contribution is -0.116. The Labute approximate surface area is 184 Å². The highest BCUT2D eigenvalue weighted by molar-refractivity contribution is 7.92. The zero-order chi connectivity index (χ0) is 23.2. The molecule has 2 aromatic carbocycles.